The van der Waals surface area contributed by atoms with Gasteiger partial charge in [-0.3, -0.25) is 0 Å². The molecule has 71 valence electrons. The average Bonchev–Trinajstić information content (AvgIpc) is 1.90. The molecule has 0 N–H and O–H groups in total. The normalized spacial score (nSPS) is 9.82. The molecule has 0 fully saturated rings. The molecule has 11 heavy (non-hydrogen) atoms. The van der Waals surface area contributed by atoms with Gasteiger partial charge < -0.3 is 13.6 Å². The van der Waals surface area contributed by atoms with Gasteiger partial charge in [-0.25, -0.2) is 0 Å². The fraction of sp³-hybridized carbons (Fsp3) is 1.00. The standard InChI is InChI=1S/C6H15O3P.Co/c1-4-7-10(8-5-2)9-6-3;/h4-6H2,1-3H3;. The molecule has 0 aromatic carbocycles. The molecule has 0 saturated heterocycles. The van der Waals surface area contributed by atoms with Gasteiger partial charge in [0.05, 0.1) is 19.8 Å². The molecule has 1 radical (unpaired) electrons. The van der Waals surface area contributed by atoms with Crippen molar-refractivity contribution in [3.63, 3.8) is 0 Å². The van der Waals surface area contributed by atoms with Crippen LogP contribution in [0.3, 0.4) is 0 Å². The molecule has 0 aromatic rings. The summed E-state index contributed by atoms with van der Waals surface area (Å²) in [6, 6.07) is 0. The smallest absolute Gasteiger partial charge is 0.313 e. The molecule has 5 heteroatoms. The van der Waals surface area contributed by atoms with Gasteiger partial charge in [-0.05, 0) is 20.8 Å². The van der Waals surface area contributed by atoms with Gasteiger partial charge in [0.1, 0.15) is 0 Å². The van der Waals surface area contributed by atoms with Crippen molar-refractivity contribution in [3.05, 3.63) is 0 Å². The van der Waals surface area contributed by atoms with Gasteiger partial charge in [-0.1, -0.05) is 0 Å². The summed E-state index contributed by atoms with van der Waals surface area (Å²) in [7, 11) is -1.06. The van der Waals surface area contributed by atoms with Crippen LogP contribution in [0.1, 0.15) is 20.8 Å². The van der Waals surface area contributed by atoms with Gasteiger partial charge in [0.15, 0.2) is 0 Å². The summed E-state index contributed by atoms with van der Waals surface area (Å²) in [4.78, 5) is 0. The number of hydrogen-bond acceptors (Lipinski definition) is 3. The van der Waals surface area contributed by atoms with Crippen molar-refractivity contribution in [1.82, 2.24) is 0 Å². The third-order valence-corrected chi connectivity index (χ3v) is 2.11. The van der Waals surface area contributed by atoms with E-state index in [0.717, 1.165) is 0 Å². The van der Waals surface area contributed by atoms with Crippen molar-refractivity contribution >= 4 is 8.60 Å². The quantitative estimate of drug-likeness (QED) is 0.649. The van der Waals surface area contributed by atoms with E-state index in [1.54, 1.807) is 0 Å². The second kappa shape index (κ2) is 10.8. The van der Waals surface area contributed by atoms with Crippen LogP contribution in [-0.2, 0) is 30.4 Å². The first kappa shape index (κ1) is 14.3. The van der Waals surface area contributed by atoms with E-state index in [2.05, 4.69) is 0 Å². The Morgan fingerprint density at radius 1 is 0.818 bits per heavy atom. The van der Waals surface area contributed by atoms with E-state index in [-0.39, 0.29) is 16.8 Å². The summed E-state index contributed by atoms with van der Waals surface area (Å²) >= 11 is 0. The largest absolute Gasteiger partial charge is 0.332 e. The fourth-order valence-electron chi connectivity index (χ4n) is 0.428. The average molecular weight is 225 g/mol. The van der Waals surface area contributed by atoms with E-state index < -0.39 is 8.60 Å². The van der Waals surface area contributed by atoms with E-state index in [1.807, 2.05) is 20.8 Å². The molecule has 0 heterocycles. The summed E-state index contributed by atoms with van der Waals surface area (Å²) in [6.45, 7) is 7.71. The molecule has 0 aliphatic heterocycles. The van der Waals surface area contributed by atoms with E-state index in [1.165, 1.54) is 0 Å². The van der Waals surface area contributed by atoms with Crippen LogP contribution >= 0.6 is 8.60 Å². The molecule has 0 aromatic heterocycles. The zero-order valence-corrected chi connectivity index (χ0v) is 9.06. The van der Waals surface area contributed by atoms with E-state index in [9.17, 15) is 0 Å². The van der Waals surface area contributed by atoms with Gasteiger partial charge in [0.25, 0.3) is 0 Å². The van der Waals surface area contributed by atoms with Gasteiger partial charge in [0.2, 0.25) is 0 Å². The molecule has 0 unspecified atom stereocenters. The zero-order valence-electron chi connectivity index (χ0n) is 7.13. The maximum Gasteiger partial charge on any atom is 0.332 e. The maximum atomic E-state index is 5.14. The molecule has 0 aliphatic carbocycles. The predicted molar refractivity (Wildman–Crippen MR) is 41.8 cm³/mol. The van der Waals surface area contributed by atoms with Gasteiger partial charge in [-0.15, -0.1) is 0 Å². The van der Waals surface area contributed by atoms with Crippen LogP contribution in [-0.4, -0.2) is 19.8 Å². The monoisotopic (exact) mass is 225 g/mol. The fourth-order valence-corrected chi connectivity index (χ4v) is 1.28. The first-order valence-electron chi connectivity index (χ1n) is 3.54. The third kappa shape index (κ3) is 8.73. The first-order valence-corrected chi connectivity index (χ1v) is 4.63. The predicted octanol–water partition coefficient (Wildman–Crippen LogP) is 2.32. The van der Waals surface area contributed by atoms with Crippen molar-refractivity contribution < 1.29 is 30.4 Å². The van der Waals surface area contributed by atoms with Crippen molar-refractivity contribution in [2.75, 3.05) is 19.8 Å². The third-order valence-electron chi connectivity index (χ3n) is 0.704. The van der Waals surface area contributed by atoms with Crippen LogP contribution in [0.4, 0.5) is 0 Å². The second-order valence-corrected chi connectivity index (χ2v) is 2.70. The second-order valence-electron chi connectivity index (χ2n) is 1.48. The Bertz CT molecular complexity index is 60.6. The molecule has 0 atom stereocenters. The van der Waals surface area contributed by atoms with Gasteiger partial charge in [0, 0.05) is 16.8 Å². The van der Waals surface area contributed by atoms with E-state index in [4.69, 9.17) is 13.6 Å². The Balaban J connectivity index is 0. The van der Waals surface area contributed by atoms with Crippen LogP contribution in [0.15, 0.2) is 0 Å². The summed E-state index contributed by atoms with van der Waals surface area (Å²) in [5.41, 5.74) is 0. The van der Waals surface area contributed by atoms with Crippen molar-refractivity contribution in [2.24, 2.45) is 0 Å². The molecule has 0 spiro atoms. The number of rotatable bonds is 6. The molecular formula is C6H15CoO3P. The van der Waals surface area contributed by atoms with Crippen molar-refractivity contribution in [1.29, 1.82) is 0 Å². The first-order chi connectivity index (χ1) is 4.85. The topological polar surface area (TPSA) is 27.7 Å². The van der Waals surface area contributed by atoms with Gasteiger partial charge in [-0.2, -0.15) is 0 Å². The Morgan fingerprint density at radius 2 is 1.09 bits per heavy atom. The minimum Gasteiger partial charge on any atom is -0.313 e. The molecule has 3 nitrogen and oxygen atoms in total. The minimum absolute atomic E-state index is 0. The van der Waals surface area contributed by atoms with E-state index >= 15 is 0 Å². The summed E-state index contributed by atoms with van der Waals surface area (Å²) in [5, 5.41) is 0. The zero-order chi connectivity index (χ0) is 7.82. The Labute approximate surface area is 80.0 Å². The molecule has 0 rings (SSSR count). The molecule has 0 aliphatic rings. The van der Waals surface area contributed by atoms with Crippen molar-refractivity contribution in [3.8, 4) is 0 Å². The number of hydrogen-bond donors (Lipinski definition) is 0. The van der Waals surface area contributed by atoms with Crippen LogP contribution in [0.25, 0.3) is 0 Å². The Morgan fingerprint density at radius 3 is 1.27 bits per heavy atom. The van der Waals surface area contributed by atoms with Crippen LogP contribution in [0, 0.1) is 0 Å². The molecule has 0 amide bonds. The molecule has 0 bridgehead atoms. The SMILES string of the molecule is CCOP(OCC)OCC.[Co]. The molecule has 0 saturated carbocycles. The maximum absolute atomic E-state index is 5.14. The summed E-state index contributed by atoms with van der Waals surface area (Å²) < 4.78 is 15.4. The van der Waals surface area contributed by atoms with Crippen LogP contribution in [0.5, 0.6) is 0 Å². The van der Waals surface area contributed by atoms with Crippen LogP contribution in [0.2, 0.25) is 0 Å². The Hall–Kier alpha value is 0.816. The van der Waals surface area contributed by atoms with Crippen molar-refractivity contribution in [2.45, 2.75) is 20.8 Å². The summed E-state index contributed by atoms with van der Waals surface area (Å²) in [6.07, 6.45) is 0. The minimum atomic E-state index is -1.06. The Kier molecular flexibility index (Phi) is 14.1. The van der Waals surface area contributed by atoms with E-state index in [0.29, 0.717) is 19.8 Å². The molecular weight excluding hydrogens is 210 g/mol. The van der Waals surface area contributed by atoms with Crippen LogP contribution < -0.4 is 0 Å². The summed E-state index contributed by atoms with van der Waals surface area (Å²) in [5.74, 6) is 0. The van der Waals surface area contributed by atoms with Gasteiger partial charge >= 0.3 is 8.60 Å².